The number of thiazole rings is 1. The van der Waals surface area contributed by atoms with Crippen molar-refractivity contribution < 1.29 is 13.2 Å². The maximum absolute atomic E-state index is 12.5. The predicted octanol–water partition coefficient (Wildman–Crippen LogP) is 3.78. The third kappa shape index (κ3) is 4.19. The van der Waals surface area contributed by atoms with Gasteiger partial charge >= 0.3 is 0 Å². The SMILES string of the molecule is Cc1c(Cl)cccc1S(=O)(=O)Nc1nc(CCC2CCC[N+]2=O)cs1. The second-order valence-corrected chi connectivity index (χ2v) is 9.00. The fourth-order valence-corrected chi connectivity index (χ4v) is 5.43. The lowest BCUT2D eigenvalue weighted by molar-refractivity contribution is -0.565. The monoisotopic (exact) mass is 400 g/mol. The van der Waals surface area contributed by atoms with Gasteiger partial charge in [-0.05, 0) is 31.0 Å². The molecular weight excluding hydrogens is 382 g/mol. The predicted molar refractivity (Wildman–Crippen MR) is 98.9 cm³/mol. The molecule has 1 aliphatic rings. The molecule has 0 saturated carbocycles. The second-order valence-electron chi connectivity index (χ2n) is 6.09. The minimum absolute atomic E-state index is 0.0518. The van der Waals surface area contributed by atoms with Gasteiger partial charge in [-0.25, -0.2) is 13.4 Å². The summed E-state index contributed by atoms with van der Waals surface area (Å²) in [4.78, 5) is 16.1. The van der Waals surface area contributed by atoms with Crippen LogP contribution in [0.1, 0.15) is 30.5 Å². The van der Waals surface area contributed by atoms with Gasteiger partial charge in [-0.3, -0.25) is 4.72 Å². The smallest absolute Gasteiger partial charge is 0.255 e. The molecule has 1 unspecified atom stereocenters. The van der Waals surface area contributed by atoms with Gasteiger partial charge in [0.1, 0.15) is 0 Å². The molecule has 0 bridgehead atoms. The maximum Gasteiger partial charge on any atom is 0.263 e. The summed E-state index contributed by atoms with van der Waals surface area (Å²) in [5.74, 6) is 0. The minimum atomic E-state index is -3.74. The Morgan fingerprint density at radius 2 is 2.24 bits per heavy atom. The Hall–Kier alpha value is -1.51. The summed E-state index contributed by atoms with van der Waals surface area (Å²) >= 11 is 7.25. The number of aromatic nitrogens is 1. The fraction of sp³-hybridized carbons (Fsp3) is 0.438. The van der Waals surface area contributed by atoms with Crippen LogP contribution in [-0.4, -0.2) is 30.7 Å². The van der Waals surface area contributed by atoms with Gasteiger partial charge in [-0.2, -0.15) is 0 Å². The van der Waals surface area contributed by atoms with Crippen molar-refractivity contribution in [2.45, 2.75) is 43.5 Å². The van der Waals surface area contributed by atoms with Crippen LogP contribution in [0.4, 0.5) is 5.13 Å². The first kappa shape index (κ1) is 18.3. The lowest BCUT2D eigenvalue weighted by Gasteiger charge is -2.09. The standard InChI is InChI=1S/C16H19ClN3O3S2/c1-11-14(17)5-2-6-15(11)25(22,23)19-16-18-12(10-24-16)7-8-13-4-3-9-20(13)21/h2,5-6,10,13H,3-4,7-9H2,1H3,(H,18,19)/q+1. The molecule has 1 aromatic heterocycles. The molecular formula is C16H19ClN3O3S2+. The molecule has 1 aliphatic heterocycles. The van der Waals surface area contributed by atoms with Crippen LogP contribution < -0.4 is 4.72 Å². The number of nitrogens with one attached hydrogen (secondary N) is 1. The molecule has 9 heteroatoms. The van der Waals surface area contributed by atoms with Crippen molar-refractivity contribution in [3.63, 3.8) is 0 Å². The normalized spacial score (nSPS) is 17.8. The lowest BCUT2D eigenvalue weighted by Crippen LogP contribution is -2.17. The molecule has 2 aromatic rings. The number of halogens is 1. The molecule has 0 radical (unpaired) electrons. The van der Waals surface area contributed by atoms with Crippen LogP contribution in [-0.2, 0) is 16.4 Å². The summed E-state index contributed by atoms with van der Waals surface area (Å²) in [7, 11) is -3.74. The number of benzene rings is 1. The average molecular weight is 401 g/mol. The summed E-state index contributed by atoms with van der Waals surface area (Å²) in [5.41, 5.74) is 1.30. The largest absolute Gasteiger partial charge is 0.263 e. The van der Waals surface area contributed by atoms with Crippen molar-refractivity contribution in [2.75, 3.05) is 11.3 Å². The molecule has 0 aliphatic carbocycles. The van der Waals surface area contributed by atoms with E-state index in [0.29, 0.717) is 28.7 Å². The molecule has 1 saturated heterocycles. The van der Waals surface area contributed by atoms with E-state index >= 15 is 0 Å². The van der Waals surface area contributed by atoms with E-state index in [4.69, 9.17) is 11.6 Å². The van der Waals surface area contributed by atoms with Crippen LogP contribution in [0.15, 0.2) is 28.5 Å². The first-order valence-corrected chi connectivity index (χ1v) is 10.8. The highest BCUT2D eigenvalue weighted by atomic mass is 35.5. The summed E-state index contributed by atoms with van der Waals surface area (Å²) in [5, 5.41) is 2.55. The van der Waals surface area contributed by atoms with Crippen molar-refractivity contribution in [1.82, 2.24) is 4.98 Å². The Morgan fingerprint density at radius 1 is 1.44 bits per heavy atom. The molecule has 134 valence electrons. The van der Waals surface area contributed by atoms with E-state index in [0.717, 1.165) is 29.7 Å². The lowest BCUT2D eigenvalue weighted by atomic mass is 10.1. The number of nitroso groups, excluding NO2 is 1. The van der Waals surface area contributed by atoms with Crippen LogP contribution >= 0.6 is 22.9 Å². The van der Waals surface area contributed by atoms with Crippen molar-refractivity contribution in [1.29, 1.82) is 0 Å². The molecule has 0 spiro atoms. The number of anilines is 1. The Kier molecular flexibility index (Phi) is 5.41. The number of rotatable bonds is 6. The number of nitrogens with zero attached hydrogens (tertiary/aromatic N) is 2. The molecule has 1 aromatic carbocycles. The second kappa shape index (κ2) is 7.39. The Bertz CT molecular complexity index is 896. The maximum atomic E-state index is 12.5. The van der Waals surface area contributed by atoms with Crippen molar-refractivity contribution in [3.8, 4) is 0 Å². The summed E-state index contributed by atoms with van der Waals surface area (Å²) in [6.07, 6.45) is 3.26. The highest BCUT2D eigenvalue weighted by Gasteiger charge is 2.31. The zero-order valence-electron chi connectivity index (χ0n) is 13.7. The fourth-order valence-electron chi connectivity index (χ4n) is 2.93. The van der Waals surface area contributed by atoms with Crippen LogP contribution in [0.25, 0.3) is 0 Å². The Labute approximate surface area is 155 Å². The molecule has 3 rings (SSSR count). The van der Waals surface area contributed by atoms with Gasteiger partial charge in [0.2, 0.25) is 6.04 Å². The van der Waals surface area contributed by atoms with Crippen molar-refractivity contribution >= 4 is 38.1 Å². The zero-order valence-corrected chi connectivity index (χ0v) is 16.1. The Morgan fingerprint density at radius 3 is 2.96 bits per heavy atom. The minimum Gasteiger partial charge on any atom is -0.255 e. The zero-order chi connectivity index (χ0) is 18.0. The summed E-state index contributed by atoms with van der Waals surface area (Å²) < 4.78 is 28.7. The first-order valence-electron chi connectivity index (χ1n) is 8.03. The first-order chi connectivity index (χ1) is 11.9. The van der Waals surface area contributed by atoms with Gasteiger partial charge < -0.3 is 0 Å². The van der Waals surface area contributed by atoms with Gasteiger partial charge in [0.15, 0.2) is 11.7 Å². The van der Waals surface area contributed by atoms with Crippen LogP contribution in [0.2, 0.25) is 5.02 Å². The molecule has 2 heterocycles. The highest BCUT2D eigenvalue weighted by molar-refractivity contribution is 7.93. The van der Waals surface area contributed by atoms with E-state index in [1.807, 2.05) is 5.38 Å². The summed E-state index contributed by atoms with van der Waals surface area (Å²) in [6.45, 7) is 2.27. The van der Waals surface area contributed by atoms with Gasteiger partial charge in [0.25, 0.3) is 10.0 Å². The molecule has 1 atom stereocenters. The van der Waals surface area contributed by atoms with E-state index in [2.05, 4.69) is 9.71 Å². The topological polar surface area (TPSA) is 79.1 Å². The third-order valence-electron chi connectivity index (χ3n) is 4.34. The highest BCUT2D eigenvalue weighted by Crippen LogP contribution is 2.26. The van der Waals surface area contributed by atoms with E-state index in [1.54, 1.807) is 19.1 Å². The van der Waals surface area contributed by atoms with Gasteiger partial charge in [-0.15, -0.1) is 11.3 Å². The molecule has 0 amide bonds. The molecule has 6 nitrogen and oxygen atoms in total. The number of hydrogen-bond donors (Lipinski definition) is 1. The van der Waals surface area contributed by atoms with Crippen molar-refractivity contribution in [2.24, 2.45) is 0 Å². The molecule has 25 heavy (non-hydrogen) atoms. The van der Waals surface area contributed by atoms with E-state index in [9.17, 15) is 13.3 Å². The average Bonchev–Trinajstić information content (AvgIpc) is 3.16. The Balaban J connectivity index is 1.68. The molecule has 1 fully saturated rings. The van der Waals surface area contributed by atoms with E-state index < -0.39 is 10.0 Å². The quantitative estimate of drug-likeness (QED) is 0.748. The van der Waals surface area contributed by atoms with Gasteiger partial charge in [0.05, 0.1) is 10.6 Å². The number of sulfonamides is 1. The number of hydrogen-bond acceptors (Lipinski definition) is 5. The van der Waals surface area contributed by atoms with Crippen LogP contribution in [0, 0.1) is 11.8 Å². The van der Waals surface area contributed by atoms with Crippen molar-refractivity contribution in [3.05, 3.63) is 44.8 Å². The molecule has 1 N–H and O–H groups in total. The number of aryl methyl sites for hydroxylation is 1. The summed E-state index contributed by atoms with van der Waals surface area (Å²) in [6, 6.07) is 4.82. The van der Waals surface area contributed by atoms with Gasteiger partial charge in [-0.1, -0.05) is 17.7 Å². The van der Waals surface area contributed by atoms with Gasteiger partial charge in [0, 0.05) is 39.3 Å². The van der Waals surface area contributed by atoms with Crippen LogP contribution in [0.3, 0.4) is 0 Å². The third-order valence-corrected chi connectivity index (χ3v) is 7.17. The van der Waals surface area contributed by atoms with Crippen LogP contribution in [0.5, 0.6) is 0 Å². The van der Waals surface area contributed by atoms with E-state index in [1.165, 1.54) is 17.4 Å². The van der Waals surface area contributed by atoms with E-state index in [-0.39, 0.29) is 10.9 Å².